The number of piperazine rings is 1. The number of ether oxygens (including phenoxy) is 2. The van der Waals surface area contributed by atoms with Gasteiger partial charge < -0.3 is 25.2 Å². The quantitative estimate of drug-likeness (QED) is 0.262. The summed E-state index contributed by atoms with van der Waals surface area (Å²) in [6, 6.07) is 6.98. The monoisotopic (exact) mass is 737 g/mol. The second-order valence-corrected chi connectivity index (χ2v) is 12.3. The summed E-state index contributed by atoms with van der Waals surface area (Å²) < 4.78 is 146. The third kappa shape index (κ3) is 8.93. The van der Waals surface area contributed by atoms with Crippen molar-refractivity contribution in [2.24, 2.45) is 5.73 Å². The number of nitrogens with zero attached hydrogens (tertiary/aromatic N) is 6. The first-order chi connectivity index (χ1) is 22.2. The number of hydrogen-bond acceptors (Lipinski definition) is 11. The molecule has 1 fully saturated rings. The molecule has 0 unspecified atom stereocenters. The number of aliphatic carboxylic acids is 1. The van der Waals surface area contributed by atoms with Crippen molar-refractivity contribution in [1.29, 1.82) is 0 Å². The van der Waals surface area contributed by atoms with Gasteiger partial charge in [0.1, 0.15) is 17.5 Å². The first-order valence-electron chi connectivity index (χ1n) is 12.9. The molecule has 2 aromatic heterocycles. The summed E-state index contributed by atoms with van der Waals surface area (Å²) in [5, 5.41) is 19.8. The highest BCUT2D eigenvalue weighted by molar-refractivity contribution is 7.89. The van der Waals surface area contributed by atoms with Crippen LogP contribution in [-0.2, 0) is 27.5 Å². The summed E-state index contributed by atoms with van der Waals surface area (Å²) in [7, 11) is -4.47. The molecule has 1 saturated heterocycles. The maximum atomic E-state index is 13.0. The van der Waals surface area contributed by atoms with Crippen LogP contribution in [0.15, 0.2) is 53.4 Å². The third-order valence-electron chi connectivity index (χ3n) is 6.18. The van der Waals surface area contributed by atoms with Gasteiger partial charge >= 0.3 is 24.9 Å². The zero-order chi connectivity index (χ0) is 35.7. The number of rotatable bonds is 7. The number of halogens is 9. The van der Waals surface area contributed by atoms with E-state index in [1.807, 2.05) is 0 Å². The van der Waals surface area contributed by atoms with E-state index in [-0.39, 0.29) is 22.4 Å². The normalized spacial score (nSPS) is 16.4. The molecule has 0 aliphatic carbocycles. The van der Waals surface area contributed by atoms with Gasteiger partial charge in [0.05, 0.1) is 4.90 Å². The van der Waals surface area contributed by atoms with Gasteiger partial charge in [0.25, 0.3) is 5.82 Å². The largest absolute Gasteiger partial charge is 0.573 e. The fourth-order valence-corrected chi connectivity index (χ4v) is 6.56. The maximum absolute atomic E-state index is 13.0. The van der Waals surface area contributed by atoms with Gasteiger partial charge in [-0.15, -0.1) is 41.6 Å². The lowest BCUT2D eigenvalue weighted by Crippen LogP contribution is -2.58. The number of alkyl halides is 9. The molecule has 48 heavy (non-hydrogen) atoms. The predicted octanol–water partition coefficient (Wildman–Crippen LogP) is 4.11. The molecule has 13 nitrogen and oxygen atoms in total. The molecular formula is C24H20F9N7O6S2. The number of benzene rings is 2. The van der Waals surface area contributed by atoms with E-state index in [2.05, 4.69) is 24.8 Å². The summed E-state index contributed by atoms with van der Waals surface area (Å²) in [6.07, 6.45) is -14.5. The van der Waals surface area contributed by atoms with Crippen LogP contribution in [-0.4, -0.2) is 82.0 Å². The van der Waals surface area contributed by atoms with Gasteiger partial charge in [-0.3, -0.25) is 4.79 Å². The van der Waals surface area contributed by atoms with Gasteiger partial charge in [-0.1, -0.05) is 23.5 Å². The Balaban J connectivity index is 0.000000336. The van der Waals surface area contributed by atoms with Crippen molar-refractivity contribution in [3.8, 4) is 11.5 Å². The van der Waals surface area contributed by atoms with Crippen molar-refractivity contribution in [1.82, 2.24) is 24.1 Å². The fraction of sp³-hybridized carbons (Fsp3) is 0.333. The summed E-state index contributed by atoms with van der Waals surface area (Å²) in [4.78, 5) is 12.5. The van der Waals surface area contributed by atoms with E-state index in [0.29, 0.717) is 26.7 Å². The second kappa shape index (κ2) is 13.6. The van der Waals surface area contributed by atoms with Crippen molar-refractivity contribution in [3.63, 3.8) is 0 Å². The van der Waals surface area contributed by atoms with Crippen LogP contribution in [0.3, 0.4) is 0 Å². The molecule has 1 atom stereocenters. The third-order valence-corrected chi connectivity index (χ3v) is 9.06. The number of aromatic nitrogens is 4. The molecule has 1 aliphatic heterocycles. The fourth-order valence-electron chi connectivity index (χ4n) is 4.12. The van der Waals surface area contributed by atoms with Crippen LogP contribution in [0, 0.1) is 0 Å². The number of anilines is 1. The molecule has 2 aromatic carbocycles. The van der Waals surface area contributed by atoms with Crippen LogP contribution in [0.5, 0.6) is 11.5 Å². The van der Waals surface area contributed by atoms with Crippen LogP contribution < -0.4 is 20.1 Å². The van der Waals surface area contributed by atoms with Gasteiger partial charge in [0.2, 0.25) is 20.1 Å². The van der Waals surface area contributed by atoms with E-state index in [1.165, 1.54) is 29.2 Å². The number of hydrogen-bond donors (Lipinski definition) is 2. The van der Waals surface area contributed by atoms with Gasteiger partial charge in [0.15, 0.2) is 0 Å². The molecule has 262 valence electrons. The summed E-state index contributed by atoms with van der Waals surface area (Å²) in [5.41, 5.74) is 6.02. The van der Waals surface area contributed by atoms with E-state index in [9.17, 15) is 57.8 Å². The Morgan fingerprint density at radius 2 is 1.44 bits per heavy atom. The minimum Gasteiger partial charge on any atom is -0.480 e. The highest BCUT2D eigenvalue weighted by Crippen LogP contribution is 2.33. The van der Waals surface area contributed by atoms with E-state index in [0.717, 1.165) is 29.8 Å². The molecule has 0 radical (unpaired) electrons. The highest BCUT2D eigenvalue weighted by atomic mass is 32.2. The molecule has 4 aromatic rings. The zero-order valence-corrected chi connectivity index (χ0v) is 25.1. The predicted molar refractivity (Wildman–Crippen MR) is 145 cm³/mol. The van der Waals surface area contributed by atoms with Crippen LogP contribution in [0.4, 0.5) is 44.6 Å². The van der Waals surface area contributed by atoms with Crippen molar-refractivity contribution in [2.75, 3.05) is 24.5 Å². The van der Waals surface area contributed by atoms with E-state index in [4.69, 9.17) is 5.73 Å². The number of carboxylic acid groups (broad SMARTS) is 1. The number of sulfonamides is 1. The number of carboxylic acids is 1. The second-order valence-electron chi connectivity index (χ2n) is 9.43. The molecule has 3 heterocycles. The number of nitrogens with two attached hydrogens (primary N) is 1. The van der Waals surface area contributed by atoms with Gasteiger partial charge in [-0.25, -0.2) is 8.42 Å². The maximum Gasteiger partial charge on any atom is 0.573 e. The standard InChI is InChI=1S/C16H12F6N6O5S2.C8H8F3NO/c17-15(18,19)12-23-24-13-28(12)25-14(34-13)26-5-6-27(10(7-26)11(29)30)35(31,32)9-3-1-8(2-4-9)33-16(20,21)22;9-8(10,11)13-7-3-1-6(5-12)2-4-7/h1-4,10H,5-7H2,(H,29,30);1-4H,5,12H2/t10-;/m1./s1. The first-order valence-corrected chi connectivity index (χ1v) is 15.1. The van der Waals surface area contributed by atoms with Crippen LogP contribution >= 0.6 is 11.3 Å². The average Bonchev–Trinajstić information content (AvgIpc) is 3.57. The van der Waals surface area contributed by atoms with Gasteiger partial charge in [-0.05, 0) is 42.0 Å². The lowest BCUT2D eigenvalue weighted by Gasteiger charge is -2.38. The van der Waals surface area contributed by atoms with Crippen molar-refractivity contribution in [3.05, 3.63) is 59.9 Å². The lowest BCUT2D eigenvalue weighted by molar-refractivity contribution is -0.275. The number of carbonyl (C=O) groups is 1. The number of fused-ring (bicyclic) bond motifs is 1. The topological polar surface area (TPSA) is 165 Å². The van der Waals surface area contributed by atoms with Gasteiger partial charge in [0, 0.05) is 26.2 Å². The minimum atomic E-state index is -4.99. The molecule has 3 N–H and O–H groups in total. The summed E-state index contributed by atoms with van der Waals surface area (Å²) in [5.74, 6) is -3.82. The van der Waals surface area contributed by atoms with Crippen LogP contribution in [0.2, 0.25) is 0 Å². The molecule has 0 amide bonds. The average molecular weight is 738 g/mol. The van der Waals surface area contributed by atoms with E-state index < -0.39 is 70.5 Å². The Morgan fingerprint density at radius 3 is 1.92 bits per heavy atom. The summed E-state index contributed by atoms with van der Waals surface area (Å²) >= 11 is 0.703. The Kier molecular flexibility index (Phi) is 10.3. The SMILES string of the molecule is NCc1ccc(OC(F)(F)F)cc1.O=C(O)[C@H]1CN(c2nn3c(C(F)(F)F)nnc3s2)CCN1S(=O)(=O)c1ccc(OC(F)(F)F)cc1. The molecule has 24 heteroatoms. The molecule has 0 bridgehead atoms. The molecule has 1 aliphatic rings. The zero-order valence-electron chi connectivity index (χ0n) is 23.5. The van der Waals surface area contributed by atoms with Crippen molar-refractivity contribution < 1.29 is 67.3 Å². The molecule has 0 spiro atoms. The Hall–Kier alpha value is -4.42. The molecular weight excluding hydrogens is 717 g/mol. The van der Waals surface area contributed by atoms with Crippen LogP contribution in [0.1, 0.15) is 11.4 Å². The van der Waals surface area contributed by atoms with Crippen molar-refractivity contribution in [2.45, 2.75) is 36.4 Å². The highest BCUT2D eigenvalue weighted by Gasteiger charge is 2.42. The van der Waals surface area contributed by atoms with E-state index >= 15 is 0 Å². The van der Waals surface area contributed by atoms with E-state index in [1.54, 1.807) is 0 Å². The lowest BCUT2D eigenvalue weighted by atomic mass is 10.2. The first kappa shape index (κ1) is 36.4. The van der Waals surface area contributed by atoms with Gasteiger partial charge in [-0.2, -0.15) is 22.0 Å². The molecule has 0 saturated carbocycles. The Labute approximate surface area is 266 Å². The molecule has 5 rings (SSSR count). The summed E-state index contributed by atoms with van der Waals surface area (Å²) in [6.45, 7) is -0.697. The smallest absolute Gasteiger partial charge is 0.480 e. The minimum absolute atomic E-state index is 0.0302. The Bertz CT molecular complexity index is 1830. The Morgan fingerprint density at radius 1 is 0.896 bits per heavy atom. The van der Waals surface area contributed by atoms with Crippen molar-refractivity contribution >= 4 is 37.4 Å². The van der Waals surface area contributed by atoms with Crippen LogP contribution in [0.25, 0.3) is 4.96 Å².